The summed E-state index contributed by atoms with van der Waals surface area (Å²) < 4.78 is 0. The van der Waals surface area contributed by atoms with Crippen LogP contribution < -0.4 is 0 Å². The molecule has 0 aromatic carbocycles. The molecule has 0 aromatic heterocycles. The van der Waals surface area contributed by atoms with Gasteiger partial charge in [0.2, 0.25) is 0 Å². The Bertz CT molecular complexity index is 210. The summed E-state index contributed by atoms with van der Waals surface area (Å²) >= 11 is 0. The van der Waals surface area contributed by atoms with E-state index in [-0.39, 0.29) is 12.4 Å². The van der Waals surface area contributed by atoms with Gasteiger partial charge in [0.25, 0.3) is 0 Å². The van der Waals surface area contributed by atoms with Gasteiger partial charge in [-0.05, 0) is 63.5 Å². The van der Waals surface area contributed by atoms with Crippen LogP contribution in [0.5, 0.6) is 0 Å². The Morgan fingerprint density at radius 2 is 1.05 bits per heavy atom. The second kappa shape index (κ2) is 7.88. The Balaban J connectivity index is 0.00000133. The summed E-state index contributed by atoms with van der Waals surface area (Å²) in [6.45, 7) is 2.80. The third-order valence-electron chi connectivity index (χ3n) is 5.96. The topological polar surface area (TPSA) is 3.24 Å². The minimum Gasteiger partial charge on any atom is -0.300 e. The highest BCUT2D eigenvalue weighted by Crippen LogP contribution is 2.39. The van der Waals surface area contributed by atoms with E-state index in [0.29, 0.717) is 0 Å². The molecule has 0 atom stereocenters. The van der Waals surface area contributed by atoms with Gasteiger partial charge < -0.3 is 4.90 Å². The normalized spacial score (nSPS) is 34.7. The molecule has 3 fully saturated rings. The molecule has 1 nitrogen and oxygen atoms in total. The monoisotopic (exact) mass is 285 g/mol. The molecule has 112 valence electrons. The van der Waals surface area contributed by atoms with Crippen LogP contribution in [0.2, 0.25) is 0 Å². The number of hydrogen-bond acceptors (Lipinski definition) is 1. The maximum Gasteiger partial charge on any atom is 0.00954 e. The Hall–Kier alpha value is 0.250. The van der Waals surface area contributed by atoms with Crippen LogP contribution in [-0.2, 0) is 0 Å². The molecule has 19 heavy (non-hydrogen) atoms. The van der Waals surface area contributed by atoms with E-state index in [4.69, 9.17) is 0 Å². The van der Waals surface area contributed by atoms with Crippen molar-refractivity contribution in [3.8, 4) is 0 Å². The van der Waals surface area contributed by atoms with E-state index in [9.17, 15) is 0 Å². The maximum atomic E-state index is 2.82. The van der Waals surface area contributed by atoms with Gasteiger partial charge in [0.15, 0.2) is 0 Å². The van der Waals surface area contributed by atoms with Gasteiger partial charge in [-0.1, -0.05) is 38.5 Å². The summed E-state index contributed by atoms with van der Waals surface area (Å²) in [5.41, 5.74) is 0. The van der Waals surface area contributed by atoms with Crippen molar-refractivity contribution in [3.05, 3.63) is 0 Å². The number of rotatable bonds is 2. The molecule has 1 heterocycles. The third kappa shape index (κ3) is 4.11. The SMILES string of the molecule is C1CCC(C2CCC(N3CCCCC3)CC2)CC1.Cl. The summed E-state index contributed by atoms with van der Waals surface area (Å²) in [5, 5.41) is 0. The molecule has 0 bridgehead atoms. The first-order valence-corrected chi connectivity index (χ1v) is 8.67. The van der Waals surface area contributed by atoms with E-state index in [2.05, 4.69) is 4.90 Å². The minimum atomic E-state index is 0. The minimum absolute atomic E-state index is 0. The Kier molecular flexibility index (Phi) is 6.49. The Morgan fingerprint density at radius 1 is 0.526 bits per heavy atom. The zero-order valence-corrected chi connectivity index (χ0v) is 13.3. The van der Waals surface area contributed by atoms with Gasteiger partial charge in [0, 0.05) is 6.04 Å². The molecular weight excluding hydrogens is 254 g/mol. The van der Waals surface area contributed by atoms with Crippen LogP contribution in [0, 0.1) is 11.8 Å². The average Bonchev–Trinajstić information content (AvgIpc) is 2.49. The standard InChI is InChI=1S/C17H31N.ClH/c1-3-7-15(8-4-1)16-9-11-17(12-10-16)18-13-5-2-6-14-18;/h15-17H,1-14H2;1H. The van der Waals surface area contributed by atoms with Gasteiger partial charge >= 0.3 is 0 Å². The average molecular weight is 286 g/mol. The molecule has 2 aliphatic carbocycles. The van der Waals surface area contributed by atoms with E-state index in [1.54, 1.807) is 25.7 Å². The van der Waals surface area contributed by atoms with Gasteiger partial charge in [0.05, 0.1) is 0 Å². The first-order valence-electron chi connectivity index (χ1n) is 8.67. The molecule has 0 amide bonds. The van der Waals surface area contributed by atoms with Crippen LogP contribution in [0.25, 0.3) is 0 Å². The van der Waals surface area contributed by atoms with Crippen LogP contribution in [0.1, 0.15) is 77.0 Å². The fraction of sp³-hybridized carbons (Fsp3) is 1.00. The first kappa shape index (κ1) is 15.6. The molecule has 3 aliphatic rings. The number of nitrogens with zero attached hydrogens (tertiary/aromatic N) is 1. The van der Waals surface area contributed by atoms with Crippen LogP contribution >= 0.6 is 12.4 Å². The van der Waals surface area contributed by atoms with Crippen molar-refractivity contribution in [3.63, 3.8) is 0 Å². The van der Waals surface area contributed by atoms with E-state index < -0.39 is 0 Å². The van der Waals surface area contributed by atoms with E-state index in [1.165, 1.54) is 64.5 Å². The maximum absolute atomic E-state index is 2.82. The summed E-state index contributed by atoms with van der Waals surface area (Å²) in [7, 11) is 0. The molecule has 0 N–H and O–H groups in total. The van der Waals surface area contributed by atoms with E-state index in [0.717, 1.165) is 17.9 Å². The molecule has 0 radical (unpaired) electrons. The highest BCUT2D eigenvalue weighted by atomic mass is 35.5. The summed E-state index contributed by atoms with van der Waals surface area (Å²) in [6.07, 6.45) is 18.2. The molecule has 3 rings (SSSR count). The summed E-state index contributed by atoms with van der Waals surface area (Å²) in [6, 6.07) is 0.963. The van der Waals surface area contributed by atoms with Crippen LogP contribution in [0.15, 0.2) is 0 Å². The van der Waals surface area contributed by atoms with Gasteiger partial charge in [0.1, 0.15) is 0 Å². The third-order valence-corrected chi connectivity index (χ3v) is 5.96. The predicted molar refractivity (Wildman–Crippen MR) is 85.0 cm³/mol. The van der Waals surface area contributed by atoms with Crippen LogP contribution in [0.3, 0.4) is 0 Å². The number of halogens is 1. The highest BCUT2D eigenvalue weighted by molar-refractivity contribution is 5.85. The zero-order valence-electron chi connectivity index (χ0n) is 12.5. The van der Waals surface area contributed by atoms with Gasteiger partial charge in [-0.3, -0.25) is 0 Å². The van der Waals surface area contributed by atoms with Crippen molar-refractivity contribution in [2.24, 2.45) is 11.8 Å². The van der Waals surface area contributed by atoms with Crippen molar-refractivity contribution >= 4 is 12.4 Å². The molecule has 0 aromatic rings. The first-order chi connectivity index (χ1) is 8.93. The lowest BCUT2D eigenvalue weighted by molar-refractivity contribution is 0.0918. The van der Waals surface area contributed by atoms with Crippen molar-refractivity contribution in [1.29, 1.82) is 0 Å². The van der Waals surface area contributed by atoms with Crippen molar-refractivity contribution in [1.82, 2.24) is 4.90 Å². The highest BCUT2D eigenvalue weighted by Gasteiger charge is 2.30. The lowest BCUT2D eigenvalue weighted by Gasteiger charge is -2.41. The van der Waals surface area contributed by atoms with Gasteiger partial charge in [-0.25, -0.2) is 0 Å². The fourth-order valence-electron chi connectivity index (χ4n) is 4.83. The second-order valence-corrected chi connectivity index (χ2v) is 7.06. The second-order valence-electron chi connectivity index (χ2n) is 7.06. The summed E-state index contributed by atoms with van der Waals surface area (Å²) in [5.74, 6) is 2.22. The van der Waals surface area contributed by atoms with Crippen molar-refractivity contribution in [2.75, 3.05) is 13.1 Å². The molecule has 2 saturated carbocycles. The quantitative estimate of drug-likeness (QED) is 0.687. The number of hydrogen-bond donors (Lipinski definition) is 0. The predicted octanol–water partition coefficient (Wildman–Crippen LogP) is 5.03. The number of likely N-dealkylation sites (tertiary alicyclic amines) is 1. The summed E-state index contributed by atoms with van der Waals surface area (Å²) in [4.78, 5) is 2.82. The number of piperidine rings is 1. The lowest BCUT2D eigenvalue weighted by Crippen LogP contribution is -2.42. The molecule has 2 heteroatoms. The smallest absolute Gasteiger partial charge is 0.00954 e. The van der Waals surface area contributed by atoms with Crippen LogP contribution in [0.4, 0.5) is 0 Å². The largest absolute Gasteiger partial charge is 0.300 e. The fourth-order valence-corrected chi connectivity index (χ4v) is 4.83. The van der Waals surface area contributed by atoms with Crippen LogP contribution in [-0.4, -0.2) is 24.0 Å². The zero-order chi connectivity index (χ0) is 12.2. The lowest BCUT2D eigenvalue weighted by atomic mass is 9.72. The van der Waals surface area contributed by atoms with Crippen molar-refractivity contribution in [2.45, 2.75) is 83.1 Å². The van der Waals surface area contributed by atoms with E-state index >= 15 is 0 Å². The Morgan fingerprint density at radius 3 is 1.68 bits per heavy atom. The van der Waals surface area contributed by atoms with Crippen molar-refractivity contribution < 1.29 is 0 Å². The molecule has 0 unspecified atom stereocenters. The van der Waals surface area contributed by atoms with Gasteiger partial charge in [-0.2, -0.15) is 0 Å². The van der Waals surface area contributed by atoms with E-state index in [1.807, 2.05) is 0 Å². The molecule has 1 saturated heterocycles. The molecule has 0 spiro atoms. The van der Waals surface area contributed by atoms with Gasteiger partial charge in [-0.15, -0.1) is 12.4 Å². The molecular formula is C17H32ClN. The molecule has 1 aliphatic heterocycles. The Labute approximate surface area is 125 Å².